The zero-order valence-electron chi connectivity index (χ0n) is 12.2. The largest absolute Gasteiger partial charge is 0.356 e. The zero-order valence-corrected chi connectivity index (χ0v) is 12.2. The number of hydrogen-bond donors (Lipinski definition) is 0. The lowest BCUT2D eigenvalue weighted by Gasteiger charge is -2.36. The van der Waals surface area contributed by atoms with Crippen molar-refractivity contribution in [1.29, 1.82) is 0 Å². The fraction of sp³-hybridized carbons (Fsp3) is 0.688. The van der Waals surface area contributed by atoms with Crippen LogP contribution in [0.4, 0.5) is 5.82 Å². The van der Waals surface area contributed by atoms with Gasteiger partial charge in [-0.25, -0.2) is 4.98 Å². The molecule has 2 nitrogen and oxygen atoms in total. The Morgan fingerprint density at radius 1 is 1.28 bits per heavy atom. The van der Waals surface area contributed by atoms with Gasteiger partial charge in [-0.05, 0) is 49.1 Å². The predicted molar refractivity (Wildman–Crippen MR) is 78.0 cm³/mol. The molecule has 1 aliphatic heterocycles. The molecule has 2 heteroatoms. The minimum absolute atomic E-state index is 0.466. The van der Waals surface area contributed by atoms with Crippen molar-refractivity contribution in [1.82, 2.24) is 4.98 Å². The monoisotopic (exact) mass is 246 g/mol. The maximum Gasteiger partial charge on any atom is 0.131 e. The standard InChI is InChI=1S/C16H26N2/c1-13-6-5-9-17-15(13)18-10-7-14(8-11-18)12-16(2,3)4/h5-6,9,14H,7-8,10-12H2,1-4H3. The first-order valence-electron chi connectivity index (χ1n) is 7.12. The summed E-state index contributed by atoms with van der Waals surface area (Å²) in [5, 5.41) is 0. The molecule has 0 aliphatic carbocycles. The van der Waals surface area contributed by atoms with Crippen LogP contribution in [-0.2, 0) is 0 Å². The molecule has 1 saturated heterocycles. The minimum Gasteiger partial charge on any atom is -0.356 e. The number of rotatable bonds is 2. The topological polar surface area (TPSA) is 16.1 Å². The molecule has 2 rings (SSSR count). The molecular formula is C16H26N2. The van der Waals surface area contributed by atoms with Gasteiger partial charge in [0.1, 0.15) is 5.82 Å². The highest BCUT2D eigenvalue weighted by molar-refractivity contribution is 5.46. The maximum absolute atomic E-state index is 4.53. The quantitative estimate of drug-likeness (QED) is 0.783. The molecule has 0 bridgehead atoms. The van der Waals surface area contributed by atoms with E-state index in [9.17, 15) is 0 Å². The minimum atomic E-state index is 0.466. The summed E-state index contributed by atoms with van der Waals surface area (Å²) >= 11 is 0. The van der Waals surface area contributed by atoms with Crippen LogP contribution in [0.2, 0.25) is 0 Å². The van der Waals surface area contributed by atoms with Gasteiger partial charge in [0.2, 0.25) is 0 Å². The second-order valence-corrected chi connectivity index (χ2v) is 6.84. The summed E-state index contributed by atoms with van der Waals surface area (Å²) in [5.41, 5.74) is 1.76. The molecule has 1 fully saturated rings. The van der Waals surface area contributed by atoms with E-state index in [1.54, 1.807) is 0 Å². The molecule has 0 aromatic carbocycles. The van der Waals surface area contributed by atoms with E-state index in [1.807, 2.05) is 12.3 Å². The van der Waals surface area contributed by atoms with Gasteiger partial charge >= 0.3 is 0 Å². The summed E-state index contributed by atoms with van der Waals surface area (Å²) in [6.07, 6.45) is 5.88. The van der Waals surface area contributed by atoms with Crippen molar-refractivity contribution in [3.05, 3.63) is 23.9 Å². The lowest BCUT2D eigenvalue weighted by atomic mass is 9.80. The van der Waals surface area contributed by atoms with Crippen LogP contribution < -0.4 is 4.90 Å². The molecule has 0 saturated carbocycles. The summed E-state index contributed by atoms with van der Waals surface area (Å²) < 4.78 is 0. The Bertz CT molecular complexity index is 384. The number of hydrogen-bond acceptors (Lipinski definition) is 2. The first-order chi connectivity index (χ1) is 8.46. The third-order valence-corrected chi connectivity index (χ3v) is 3.80. The number of anilines is 1. The average Bonchev–Trinajstić information content (AvgIpc) is 2.29. The molecule has 0 atom stereocenters. The first kappa shape index (κ1) is 13.4. The second kappa shape index (κ2) is 5.29. The lowest BCUT2D eigenvalue weighted by molar-refractivity contribution is 0.258. The van der Waals surface area contributed by atoms with Crippen LogP contribution in [0.15, 0.2) is 18.3 Å². The fourth-order valence-corrected chi connectivity index (χ4v) is 3.02. The zero-order chi connectivity index (χ0) is 13.2. The van der Waals surface area contributed by atoms with Gasteiger partial charge in [0.05, 0.1) is 0 Å². The highest BCUT2D eigenvalue weighted by Gasteiger charge is 2.24. The molecule has 0 amide bonds. The van der Waals surface area contributed by atoms with E-state index in [0.717, 1.165) is 5.92 Å². The molecule has 1 aromatic rings. The smallest absolute Gasteiger partial charge is 0.131 e. The van der Waals surface area contributed by atoms with Crippen molar-refractivity contribution in [2.24, 2.45) is 11.3 Å². The summed E-state index contributed by atoms with van der Waals surface area (Å²) in [7, 11) is 0. The molecule has 100 valence electrons. The maximum atomic E-state index is 4.53. The number of nitrogens with zero attached hydrogens (tertiary/aromatic N) is 2. The molecule has 0 unspecified atom stereocenters. The van der Waals surface area contributed by atoms with Crippen LogP contribution in [0, 0.1) is 18.3 Å². The van der Waals surface area contributed by atoms with Gasteiger partial charge in [0, 0.05) is 19.3 Å². The van der Waals surface area contributed by atoms with Gasteiger partial charge in [-0.15, -0.1) is 0 Å². The fourth-order valence-electron chi connectivity index (χ4n) is 3.02. The van der Waals surface area contributed by atoms with Gasteiger partial charge in [-0.2, -0.15) is 0 Å². The molecule has 0 radical (unpaired) electrons. The Hall–Kier alpha value is -1.05. The van der Waals surface area contributed by atoms with Gasteiger partial charge in [-0.3, -0.25) is 0 Å². The van der Waals surface area contributed by atoms with E-state index in [-0.39, 0.29) is 0 Å². The third-order valence-electron chi connectivity index (χ3n) is 3.80. The number of piperidine rings is 1. The summed E-state index contributed by atoms with van der Waals surface area (Å²) in [5.74, 6) is 2.08. The Kier molecular flexibility index (Phi) is 3.94. The Morgan fingerprint density at radius 3 is 2.50 bits per heavy atom. The van der Waals surface area contributed by atoms with Gasteiger partial charge in [-0.1, -0.05) is 26.8 Å². The van der Waals surface area contributed by atoms with Gasteiger partial charge in [0.15, 0.2) is 0 Å². The normalized spacial score (nSPS) is 18.1. The van der Waals surface area contributed by atoms with Crippen LogP contribution in [-0.4, -0.2) is 18.1 Å². The van der Waals surface area contributed by atoms with E-state index in [2.05, 4.69) is 43.6 Å². The Labute approximate surface area is 111 Å². The van der Waals surface area contributed by atoms with Crippen LogP contribution in [0.25, 0.3) is 0 Å². The van der Waals surface area contributed by atoms with Crippen LogP contribution >= 0.6 is 0 Å². The number of aryl methyl sites for hydroxylation is 1. The van der Waals surface area contributed by atoms with E-state index < -0.39 is 0 Å². The van der Waals surface area contributed by atoms with Crippen molar-refractivity contribution in [2.75, 3.05) is 18.0 Å². The predicted octanol–water partition coefficient (Wildman–Crippen LogP) is 4.04. The molecule has 18 heavy (non-hydrogen) atoms. The molecule has 1 aliphatic rings. The molecule has 0 spiro atoms. The average molecular weight is 246 g/mol. The molecule has 1 aromatic heterocycles. The molecule has 0 N–H and O–H groups in total. The Balaban J connectivity index is 1.93. The molecular weight excluding hydrogens is 220 g/mol. The SMILES string of the molecule is Cc1cccnc1N1CCC(CC(C)(C)C)CC1. The van der Waals surface area contributed by atoms with E-state index in [1.165, 1.54) is 43.7 Å². The summed E-state index contributed by atoms with van der Waals surface area (Å²) in [6, 6.07) is 4.18. The van der Waals surface area contributed by atoms with Crippen molar-refractivity contribution in [3.63, 3.8) is 0 Å². The number of aromatic nitrogens is 1. The van der Waals surface area contributed by atoms with Crippen LogP contribution in [0.3, 0.4) is 0 Å². The van der Waals surface area contributed by atoms with Gasteiger partial charge in [0.25, 0.3) is 0 Å². The highest BCUT2D eigenvalue weighted by atomic mass is 15.2. The van der Waals surface area contributed by atoms with E-state index in [4.69, 9.17) is 0 Å². The summed E-state index contributed by atoms with van der Waals surface area (Å²) in [4.78, 5) is 6.98. The summed E-state index contributed by atoms with van der Waals surface area (Å²) in [6.45, 7) is 11.5. The van der Waals surface area contributed by atoms with Crippen LogP contribution in [0.5, 0.6) is 0 Å². The van der Waals surface area contributed by atoms with E-state index >= 15 is 0 Å². The second-order valence-electron chi connectivity index (χ2n) is 6.84. The van der Waals surface area contributed by atoms with Gasteiger partial charge < -0.3 is 4.90 Å². The first-order valence-corrected chi connectivity index (χ1v) is 7.12. The van der Waals surface area contributed by atoms with Crippen molar-refractivity contribution >= 4 is 5.82 Å². The lowest BCUT2D eigenvalue weighted by Crippen LogP contribution is -2.35. The molecule has 2 heterocycles. The van der Waals surface area contributed by atoms with Crippen LogP contribution in [0.1, 0.15) is 45.6 Å². The van der Waals surface area contributed by atoms with Crippen molar-refractivity contribution < 1.29 is 0 Å². The number of pyridine rings is 1. The van der Waals surface area contributed by atoms with E-state index in [0.29, 0.717) is 5.41 Å². The third kappa shape index (κ3) is 3.47. The van der Waals surface area contributed by atoms with Crippen molar-refractivity contribution in [3.8, 4) is 0 Å². The van der Waals surface area contributed by atoms with Crippen molar-refractivity contribution in [2.45, 2.75) is 47.0 Å². The highest BCUT2D eigenvalue weighted by Crippen LogP contribution is 2.32. The Morgan fingerprint density at radius 2 is 1.94 bits per heavy atom.